The van der Waals surface area contributed by atoms with Crippen molar-refractivity contribution in [1.29, 1.82) is 0 Å². The van der Waals surface area contributed by atoms with E-state index >= 15 is 0 Å². The second kappa shape index (κ2) is 8.66. The van der Waals surface area contributed by atoms with Crippen LogP contribution in [0, 0.1) is 46.8 Å². The van der Waals surface area contributed by atoms with Crippen molar-refractivity contribution in [2.24, 2.45) is 52.7 Å². The fraction of sp³-hybridized carbons (Fsp3) is 0.750. The van der Waals surface area contributed by atoms with Crippen LogP contribution in [0.2, 0.25) is 0 Å². The van der Waals surface area contributed by atoms with Gasteiger partial charge in [-0.15, -0.1) is 0 Å². The van der Waals surface area contributed by atoms with Crippen LogP contribution in [0.5, 0.6) is 0 Å². The van der Waals surface area contributed by atoms with Crippen molar-refractivity contribution in [3.8, 4) is 0 Å². The van der Waals surface area contributed by atoms with Crippen LogP contribution in [0.3, 0.4) is 0 Å². The van der Waals surface area contributed by atoms with Crippen LogP contribution in [0.1, 0.15) is 78.1 Å². The summed E-state index contributed by atoms with van der Waals surface area (Å²) in [7, 11) is 0. The lowest BCUT2D eigenvalue weighted by Crippen LogP contribution is -2.50. The van der Waals surface area contributed by atoms with Crippen molar-refractivity contribution in [1.82, 2.24) is 0 Å². The molecule has 32 heavy (non-hydrogen) atoms. The SMILES string of the molecule is CCC1CCC2C(CCC3C2CCC2(C)C(C(=O)CN(N)c4ccccc4N)CCC32)C1. The van der Waals surface area contributed by atoms with Crippen LogP contribution in [-0.2, 0) is 4.79 Å². The van der Waals surface area contributed by atoms with Gasteiger partial charge in [-0.2, -0.15) is 0 Å². The molecule has 4 nitrogen and oxygen atoms in total. The first-order valence-corrected chi connectivity index (χ1v) is 13.3. The number of ketones is 1. The Kier molecular flexibility index (Phi) is 6.03. The van der Waals surface area contributed by atoms with Gasteiger partial charge in [0.1, 0.15) is 0 Å². The third-order valence-electron chi connectivity index (χ3n) is 10.6. The summed E-state index contributed by atoms with van der Waals surface area (Å²) >= 11 is 0. The maximum Gasteiger partial charge on any atom is 0.157 e. The predicted molar refractivity (Wildman–Crippen MR) is 132 cm³/mol. The summed E-state index contributed by atoms with van der Waals surface area (Å²) in [6.45, 7) is 5.09. The molecule has 0 aromatic heterocycles. The highest BCUT2D eigenvalue weighted by atomic mass is 16.1. The molecular formula is C28H43N3O. The van der Waals surface area contributed by atoms with Gasteiger partial charge in [-0.1, -0.05) is 38.8 Å². The van der Waals surface area contributed by atoms with Gasteiger partial charge in [0.05, 0.1) is 17.9 Å². The number of hydrogen-bond acceptors (Lipinski definition) is 4. The van der Waals surface area contributed by atoms with Crippen molar-refractivity contribution < 1.29 is 4.79 Å². The molecule has 0 bridgehead atoms. The van der Waals surface area contributed by atoms with E-state index in [0.29, 0.717) is 11.5 Å². The lowest BCUT2D eigenvalue weighted by atomic mass is 9.49. The van der Waals surface area contributed by atoms with E-state index in [1.807, 2.05) is 24.3 Å². The first-order chi connectivity index (χ1) is 15.4. The Morgan fingerprint density at radius 1 is 1.03 bits per heavy atom. The number of Topliss-reactive ketones (excluding diaryl/α,β-unsaturated/α-hetero) is 1. The number of fused-ring (bicyclic) bond motifs is 5. The van der Waals surface area contributed by atoms with E-state index in [0.717, 1.165) is 47.6 Å². The zero-order valence-corrected chi connectivity index (χ0v) is 20.1. The van der Waals surface area contributed by atoms with Crippen LogP contribution < -0.4 is 16.6 Å². The lowest BCUT2D eigenvalue weighted by molar-refractivity contribution is -0.129. The van der Waals surface area contributed by atoms with Gasteiger partial charge in [0.25, 0.3) is 0 Å². The van der Waals surface area contributed by atoms with Crippen LogP contribution in [0.15, 0.2) is 24.3 Å². The minimum absolute atomic E-state index is 0.151. The highest BCUT2D eigenvalue weighted by Crippen LogP contribution is 2.64. The Morgan fingerprint density at radius 3 is 2.59 bits per heavy atom. The molecule has 4 aliphatic rings. The Hall–Kier alpha value is -1.55. The second-order valence-electron chi connectivity index (χ2n) is 11.9. The third kappa shape index (κ3) is 3.67. The third-order valence-corrected chi connectivity index (χ3v) is 10.6. The van der Waals surface area contributed by atoms with Gasteiger partial charge >= 0.3 is 0 Å². The maximum absolute atomic E-state index is 13.5. The van der Waals surface area contributed by atoms with Gasteiger partial charge in [-0.3, -0.25) is 4.79 Å². The second-order valence-corrected chi connectivity index (χ2v) is 11.9. The molecule has 4 heteroatoms. The van der Waals surface area contributed by atoms with Gasteiger partial charge in [0.2, 0.25) is 0 Å². The minimum Gasteiger partial charge on any atom is -0.397 e. The summed E-state index contributed by atoms with van der Waals surface area (Å²) < 4.78 is 0. The Morgan fingerprint density at radius 2 is 1.81 bits per heavy atom. The van der Waals surface area contributed by atoms with Gasteiger partial charge in [0, 0.05) is 5.92 Å². The number of carbonyl (C=O) groups is 1. The molecule has 4 N–H and O–H groups in total. The van der Waals surface area contributed by atoms with Gasteiger partial charge in [-0.05, 0) is 104 Å². The van der Waals surface area contributed by atoms with Crippen molar-refractivity contribution in [3.05, 3.63) is 24.3 Å². The van der Waals surface area contributed by atoms with E-state index in [2.05, 4.69) is 13.8 Å². The summed E-state index contributed by atoms with van der Waals surface area (Å²) in [6.07, 6.45) is 13.5. The predicted octanol–water partition coefficient (Wildman–Crippen LogP) is 5.81. The standard InChI is InChI=1S/C28H43N3O/c1-3-18-8-10-20-19(16-18)9-11-22-21(20)14-15-28(2)23(22)12-13-24(28)27(32)17-31(30)26-7-5-4-6-25(26)29/h4-7,18-24H,3,8-17,29-30H2,1-2H3. The summed E-state index contributed by atoms with van der Waals surface area (Å²) in [5.74, 6) is 12.2. The quantitative estimate of drug-likeness (QED) is 0.346. The molecule has 0 radical (unpaired) electrons. The number of rotatable bonds is 5. The van der Waals surface area contributed by atoms with E-state index < -0.39 is 0 Å². The number of benzene rings is 1. The van der Waals surface area contributed by atoms with Gasteiger partial charge < -0.3 is 10.7 Å². The lowest BCUT2D eigenvalue weighted by Gasteiger charge is -2.56. The van der Waals surface area contributed by atoms with Crippen molar-refractivity contribution in [2.45, 2.75) is 78.1 Å². The molecule has 4 fully saturated rings. The van der Waals surface area contributed by atoms with Crippen molar-refractivity contribution in [2.75, 3.05) is 17.3 Å². The fourth-order valence-electron chi connectivity index (χ4n) is 8.96. The minimum atomic E-state index is 0.151. The molecular weight excluding hydrogens is 394 g/mol. The van der Waals surface area contributed by atoms with E-state index in [1.54, 1.807) is 5.01 Å². The number of carbonyl (C=O) groups excluding carboxylic acids is 1. The normalized spacial score (nSPS) is 40.8. The zero-order chi connectivity index (χ0) is 22.5. The Bertz CT molecular complexity index is 840. The number of hydrogen-bond donors (Lipinski definition) is 2. The van der Waals surface area contributed by atoms with Crippen LogP contribution >= 0.6 is 0 Å². The molecule has 176 valence electrons. The number of hydrazine groups is 1. The molecule has 0 amide bonds. The molecule has 8 atom stereocenters. The average Bonchev–Trinajstić information content (AvgIpc) is 3.16. The highest BCUT2D eigenvalue weighted by molar-refractivity contribution is 5.87. The molecule has 0 heterocycles. The molecule has 1 aromatic carbocycles. The van der Waals surface area contributed by atoms with E-state index in [1.165, 1.54) is 57.8 Å². The van der Waals surface area contributed by atoms with E-state index in [4.69, 9.17) is 11.6 Å². The topological polar surface area (TPSA) is 72.3 Å². The number of anilines is 2. The summed E-state index contributed by atoms with van der Waals surface area (Å²) in [5, 5.41) is 1.57. The molecule has 5 rings (SSSR count). The zero-order valence-electron chi connectivity index (χ0n) is 20.1. The molecule has 1 aromatic rings. The van der Waals surface area contributed by atoms with Crippen LogP contribution in [0.25, 0.3) is 0 Å². The fourth-order valence-corrected chi connectivity index (χ4v) is 8.96. The highest BCUT2D eigenvalue weighted by Gasteiger charge is 2.58. The smallest absolute Gasteiger partial charge is 0.157 e. The van der Waals surface area contributed by atoms with Gasteiger partial charge in [-0.25, -0.2) is 5.84 Å². The first kappa shape index (κ1) is 22.3. The summed E-state index contributed by atoms with van der Waals surface area (Å²) in [5.41, 5.74) is 7.64. The summed E-state index contributed by atoms with van der Waals surface area (Å²) in [6, 6.07) is 7.57. The molecule has 4 saturated carbocycles. The number of para-hydroxylation sites is 2. The molecule has 0 saturated heterocycles. The average molecular weight is 438 g/mol. The molecule has 0 spiro atoms. The van der Waals surface area contributed by atoms with Crippen molar-refractivity contribution >= 4 is 17.2 Å². The molecule has 8 unspecified atom stereocenters. The van der Waals surface area contributed by atoms with Crippen LogP contribution in [0.4, 0.5) is 11.4 Å². The van der Waals surface area contributed by atoms with E-state index in [-0.39, 0.29) is 17.9 Å². The number of nitrogens with zero attached hydrogens (tertiary/aromatic N) is 1. The van der Waals surface area contributed by atoms with Crippen LogP contribution in [-0.4, -0.2) is 12.3 Å². The number of nitrogen functional groups attached to an aromatic ring is 1. The summed E-state index contributed by atoms with van der Waals surface area (Å²) in [4.78, 5) is 13.5. The largest absolute Gasteiger partial charge is 0.397 e. The van der Waals surface area contributed by atoms with Gasteiger partial charge in [0.15, 0.2) is 5.78 Å². The van der Waals surface area contributed by atoms with E-state index in [9.17, 15) is 4.79 Å². The van der Waals surface area contributed by atoms with Crippen molar-refractivity contribution in [3.63, 3.8) is 0 Å². The first-order valence-electron chi connectivity index (χ1n) is 13.3. The molecule has 4 aliphatic carbocycles. The Balaban J connectivity index is 1.28. The Labute approximate surface area is 194 Å². The number of nitrogens with two attached hydrogens (primary N) is 2. The molecule has 0 aliphatic heterocycles. The monoisotopic (exact) mass is 437 g/mol. The maximum atomic E-state index is 13.5.